The molecule has 1 aromatic rings. The zero-order valence-corrected chi connectivity index (χ0v) is 9.68. The van der Waals surface area contributed by atoms with Crippen molar-refractivity contribution >= 4 is 16.7 Å². The van der Waals surface area contributed by atoms with E-state index >= 15 is 0 Å². The molecule has 0 bridgehead atoms. The van der Waals surface area contributed by atoms with Crippen molar-refractivity contribution in [3.8, 4) is 0 Å². The monoisotopic (exact) mass is 214 g/mol. The Morgan fingerprint density at radius 2 is 2.21 bits per heavy atom. The fourth-order valence-electron chi connectivity index (χ4n) is 1.24. The van der Waals surface area contributed by atoms with E-state index in [2.05, 4.69) is 28.1 Å². The molecule has 2 N–H and O–H groups in total. The lowest BCUT2D eigenvalue weighted by atomic mass is 10.3. The highest BCUT2D eigenvalue weighted by molar-refractivity contribution is 7.09. The Hall–Kier alpha value is -0.680. The molecule has 5 heteroatoms. The van der Waals surface area contributed by atoms with Crippen LogP contribution >= 0.6 is 11.5 Å². The predicted molar refractivity (Wildman–Crippen MR) is 60.8 cm³/mol. The van der Waals surface area contributed by atoms with Gasteiger partial charge in [0, 0.05) is 37.6 Å². The molecule has 1 rings (SSSR count). The van der Waals surface area contributed by atoms with Gasteiger partial charge in [-0.1, -0.05) is 6.92 Å². The van der Waals surface area contributed by atoms with Crippen LogP contribution in [0.5, 0.6) is 0 Å². The average Bonchev–Trinajstić information content (AvgIpc) is 2.63. The molecule has 0 aromatic carbocycles. The van der Waals surface area contributed by atoms with Crippen LogP contribution in [0.15, 0.2) is 0 Å². The fraction of sp³-hybridized carbons (Fsp3) is 0.778. The minimum Gasteiger partial charge on any atom is -0.346 e. The highest BCUT2D eigenvalue weighted by Gasteiger charge is 2.09. The van der Waals surface area contributed by atoms with Crippen molar-refractivity contribution in [1.29, 1.82) is 0 Å². The molecule has 4 nitrogen and oxygen atoms in total. The lowest BCUT2D eigenvalue weighted by molar-refractivity contribution is 0.800. The molecule has 1 heterocycles. The maximum atomic E-state index is 5.52. The number of likely N-dealkylation sites (N-methyl/N-ethyl adjacent to an activating group) is 1. The van der Waals surface area contributed by atoms with Gasteiger partial charge in [0.15, 0.2) is 0 Å². The van der Waals surface area contributed by atoms with Crippen LogP contribution in [0, 0.1) is 0 Å². The van der Waals surface area contributed by atoms with Crippen molar-refractivity contribution in [2.75, 3.05) is 24.5 Å². The minimum absolute atomic E-state index is 0.663. The van der Waals surface area contributed by atoms with E-state index in [9.17, 15) is 0 Å². The highest BCUT2D eigenvalue weighted by atomic mass is 32.1. The van der Waals surface area contributed by atoms with E-state index < -0.39 is 0 Å². The van der Waals surface area contributed by atoms with Crippen molar-refractivity contribution in [2.24, 2.45) is 5.73 Å². The zero-order chi connectivity index (χ0) is 10.4. The number of anilines is 1. The molecule has 0 unspecified atom stereocenters. The summed E-state index contributed by atoms with van der Waals surface area (Å²) in [5, 5.41) is 1.00. The predicted octanol–water partition coefficient (Wildman–Crippen LogP) is 1.28. The van der Waals surface area contributed by atoms with Crippen LogP contribution in [-0.4, -0.2) is 29.0 Å². The van der Waals surface area contributed by atoms with E-state index in [0.717, 1.165) is 36.9 Å². The quantitative estimate of drug-likeness (QED) is 0.775. The second-order valence-corrected chi connectivity index (χ2v) is 3.84. The normalized spacial score (nSPS) is 10.5. The van der Waals surface area contributed by atoms with E-state index in [1.807, 2.05) is 0 Å². The fourth-order valence-corrected chi connectivity index (χ4v) is 2.04. The first-order chi connectivity index (χ1) is 6.81. The van der Waals surface area contributed by atoms with Crippen LogP contribution in [-0.2, 0) is 6.42 Å². The standard InChI is InChI=1S/C9H18N4S/c1-3-5-8-11-9(14-12-8)13(4-2)7-6-10/h3-7,10H2,1-2H3. The molecule has 80 valence electrons. The van der Waals surface area contributed by atoms with Crippen LogP contribution in [0.25, 0.3) is 0 Å². The summed E-state index contributed by atoms with van der Waals surface area (Å²) < 4.78 is 4.31. The van der Waals surface area contributed by atoms with E-state index in [-0.39, 0.29) is 0 Å². The van der Waals surface area contributed by atoms with Crippen molar-refractivity contribution in [3.05, 3.63) is 5.82 Å². The lowest BCUT2D eigenvalue weighted by Gasteiger charge is -2.17. The Kier molecular flexibility index (Phi) is 4.82. The maximum absolute atomic E-state index is 5.52. The molecule has 0 aliphatic rings. The molecule has 0 atom stereocenters. The van der Waals surface area contributed by atoms with Gasteiger partial charge >= 0.3 is 0 Å². The lowest BCUT2D eigenvalue weighted by Crippen LogP contribution is -2.28. The van der Waals surface area contributed by atoms with Crippen LogP contribution < -0.4 is 10.6 Å². The number of nitrogens with two attached hydrogens (primary N) is 1. The smallest absolute Gasteiger partial charge is 0.205 e. The summed E-state index contributed by atoms with van der Waals surface area (Å²) >= 11 is 1.47. The summed E-state index contributed by atoms with van der Waals surface area (Å²) in [7, 11) is 0. The first-order valence-corrected chi connectivity index (χ1v) is 5.86. The molecule has 0 aliphatic heterocycles. The highest BCUT2D eigenvalue weighted by Crippen LogP contribution is 2.17. The molecule has 0 radical (unpaired) electrons. The molecular weight excluding hydrogens is 196 g/mol. The van der Waals surface area contributed by atoms with Crippen LogP contribution in [0.1, 0.15) is 26.1 Å². The van der Waals surface area contributed by atoms with E-state index in [1.165, 1.54) is 11.5 Å². The Balaban J connectivity index is 2.63. The van der Waals surface area contributed by atoms with Crippen molar-refractivity contribution in [2.45, 2.75) is 26.7 Å². The van der Waals surface area contributed by atoms with Gasteiger partial charge in [0.1, 0.15) is 5.82 Å². The molecule has 0 saturated carbocycles. The Labute approximate surface area is 89.3 Å². The van der Waals surface area contributed by atoms with Crippen LogP contribution in [0.3, 0.4) is 0 Å². The van der Waals surface area contributed by atoms with Crippen molar-refractivity contribution in [3.63, 3.8) is 0 Å². The minimum atomic E-state index is 0.663. The SMILES string of the molecule is CCCc1nsc(N(CC)CCN)n1. The summed E-state index contributed by atoms with van der Waals surface area (Å²) in [6, 6.07) is 0. The number of nitrogens with zero attached hydrogens (tertiary/aromatic N) is 3. The van der Waals surface area contributed by atoms with Crippen molar-refractivity contribution < 1.29 is 0 Å². The third-order valence-electron chi connectivity index (χ3n) is 1.98. The molecular formula is C9H18N4S. The number of hydrogen-bond donors (Lipinski definition) is 1. The second-order valence-electron chi connectivity index (χ2n) is 3.11. The van der Waals surface area contributed by atoms with E-state index in [0.29, 0.717) is 6.54 Å². The summed E-state index contributed by atoms with van der Waals surface area (Å²) in [6.45, 7) is 6.71. The molecule has 0 amide bonds. The molecule has 14 heavy (non-hydrogen) atoms. The van der Waals surface area contributed by atoms with Gasteiger partial charge in [-0.2, -0.15) is 4.37 Å². The third-order valence-corrected chi connectivity index (χ3v) is 2.80. The van der Waals surface area contributed by atoms with Gasteiger partial charge < -0.3 is 10.6 Å². The van der Waals surface area contributed by atoms with Gasteiger partial charge in [-0.25, -0.2) is 4.98 Å². The molecule has 1 aromatic heterocycles. The summed E-state index contributed by atoms with van der Waals surface area (Å²) in [5.41, 5.74) is 5.52. The first-order valence-electron chi connectivity index (χ1n) is 5.09. The van der Waals surface area contributed by atoms with Gasteiger partial charge in [0.25, 0.3) is 0 Å². The number of aromatic nitrogens is 2. The topological polar surface area (TPSA) is 55.0 Å². The Morgan fingerprint density at radius 1 is 1.43 bits per heavy atom. The van der Waals surface area contributed by atoms with Gasteiger partial charge in [0.05, 0.1) is 0 Å². The number of rotatable bonds is 6. The van der Waals surface area contributed by atoms with Crippen LogP contribution in [0.2, 0.25) is 0 Å². The molecule has 0 saturated heterocycles. The first kappa shape index (κ1) is 11.4. The van der Waals surface area contributed by atoms with Gasteiger partial charge in [-0.15, -0.1) is 0 Å². The summed E-state index contributed by atoms with van der Waals surface area (Å²) in [5.74, 6) is 0.961. The zero-order valence-electron chi connectivity index (χ0n) is 8.86. The van der Waals surface area contributed by atoms with Gasteiger partial charge in [-0.05, 0) is 13.3 Å². The van der Waals surface area contributed by atoms with Crippen molar-refractivity contribution in [1.82, 2.24) is 9.36 Å². The Bertz CT molecular complexity index is 261. The summed E-state index contributed by atoms with van der Waals surface area (Å²) in [4.78, 5) is 6.63. The maximum Gasteiger partial charge on any atom is 0.205 e. The van der Waals surface area contributed by atoms with E-state index in [4.69, 9.17) is 5.73 Å². The molecule has 0 fully saturated rings. The summed E-state index contributed by atoms with van der Waals surface area (Å²) in [6.07, 6.45) is 2.07. The third kappa shape index (κ3) is 2.92. The average molecular weight is 214 g/mol. The molecule has 0 aliphatic carbocycles. The van der Waals surface area contributed by atoms with Gasteiger partial charge in [-0.3, -0.25) is 0 Å². The molecule has 0 spiro atoms. The Morgan fingerprint density at radius 3 is 2.79 bits per heavy atom. The number of aryl methyl sites for hydroxylation is 1. The van der Waals surface area contributed by atoms with Crippen LogP contribution in [0.4, 0.5) is 5.13 Å². The largest absolute Gasteiger partial charge is 0.346 e. The van der Waals surface area contributed by atoms with Gasteiger partial charge in [0.2, 0.25) is 5.13 Å². The number of hydrogen-bond acceptors (Lipinski definition) is 5. The second kappa shape index (κ2) is 5.93. The van der Waals surface area contributed by atoms with E-state index in [1.54, 1.807) is 0 Å².